The van der Waals surface area contributed by atoms with E-state index in [4.69, 9.17) is 9.84 Å². The van der Waals surface area contributed by atoms with Crippen molar-refractivity contribution in [3.63, 3.8) is 0 Å². The zero-order valence-electron chi connectivity index (χ0n) is 9.43. The Morgan fingerprint density at radius 1 is 1.41 bits per heavy atom. The highest BCUT2D eigenvalue weighted by Gasteiger charge is 2.03. The molecule has 5 heteroatoms. The number of aliphatic hydroxyl groups excluding tert-OH is 1. The molecule has 2 rings (SSSR count). The zero-order valence-corrected chi connectivity index (χ0v) is 11.0. The molecule has 0 radical (unpaired) electrons. The lowest BCUT2D eigenvalue weighted by atomic mass is 10.2. The Bertz CT molecular complexity index is 511. The van der Waals surface area contributed by atoms with Gasteiger partial charge in [-0.3, -0.25) is 4.68 Å². The van der Waals surface area contributed by atoms with Gasteiger partial charge in [0.25, 0.3) is 0 Å². The number of benzene rings is 1. The van der Waals surface area contributed by atoms with E-state index < -0.39 is 0 Å². The predicted molar refractivity (Wildman–Crippen MR) is 67.6 cm³/mol. The van der Waals surface area contributed by atoms with Crippen molar-refractivity contribution in [3.8, 4) is 5.75 Å². The molecule has 0 aliphatic carbocycles. The molecule has 17 heavy (non-hydrogen) atoms. The maximum atomic E-state index is 9.13. The second-order valence-corrected chi connectivity index (χ2v) is 4.54. The van der Waals surface area contributed by atoms with Crippen LogP contribution >= 0.6 is 15.9 Å². The van der Waals surface area contributed by atoms with E-state index in [1.165, 1.54) is 0 Å². The Kier molecular flexibility index (Phi) is 3.81. The van der Waals surface area contributed by atoms with Crippen molar-refractivity contribution in [2.45, 2.75) is 13.2 Å². The van der Waals surface area contributed by atoms with Gasteiger partial charge in [0.05, 0.1) is 12.3 Å². The highest BCUT2D eigenvalue weighted by molar-refractivity contribution is 9.10. The van der Waals surface area contributed by atoms with Crippen molar-refractivity contribution in [2.24, 2.45) is 7.05 Å². The van der Waals surface area contributed by atoms with Crippen molar-refractivity contribution in [3.05, 3.63) is 46.2 Å². The van der Waals surface area contributed by atoms with E-state index in [2.05, 4.69) is 21.0 Å². The third-order valence-corrected chi connectivity index (χ3v) is 3.12. The maximum Gasteiger partial charge on any atom is 0.132 e. The Balaban J connectivity index is 2.04. The molecule has 0 spiro atoms. The number of aromatic nitrogens is 2. The molecule has 1 N–H and O–H groups in total. The molecule has 0 saturated carbocycles. The Labute approximate surface area is 108 Å². The van der Waals surface area contributed by atoms with Gasteiger partial charge in [0, 0.05) is 17.7 Å². The van der Waals surface area contributed by atoms with E-state index in [0.717, 1.165) is 21.5 Å². The largest absolute Gasteiger partial charge is 0.487 e. The van der Waals surface area contributed by atoms with Crippen molar-refractivity contribution < 1.29 is 9.84 Å². The lowest BCUT2D eigenvalue weighted by molar-refractivity contribution is 0.276. The standard InChI is InChI=1S/C12H13BrN2O2/c1-15-5-4-10(14-15)8-17-11-2-3-12(13)9(6-11)7-16/h2-6,16H,7-8H2,1H3. The number of hydrogen-bond acceptors (Lipinski definition) is 3. The summed E-state index contributed by atoms with van der Waals surface area (Å²) in [4.78, 5) is 0. The van der Waals surface area contributed by atoms with E-state index in [0.29, 0.717) is 6.61 Å². The summed E-state index contributed by atoms with van der Waals surface area (Å²) < 4.78 is 8.21. The number of ether oxygens (including phenoxy) is 1. The van der Waals surface area contributed by atoms with Crippen molar-refractivity contribution >= 4 is 15.9 Å². The van der Waals surface area contributed by atoms with Crippen LogP contribution in [0.4, 0.5) is 0 Å². The second-order valence-electron chi connectivity index (χ2n) is 3.68. The normalized spacial score (nSPS) is 10.5. The Morgan fingerprint density at radius 2 is 2.24 bits per heavy atom. The van der Waals surface area contributed by atoms with Crippen LogP contribution in [0.25, 0.3) is 0 Å². The van der Waals surface area contributed by atoms with E-state index in [9.17, 15) is 0 Å². The van der Waals surface area contributed by atoms with Gasteiger partial charge in [0.15, 0.2) is 0 Å². The van der Waals surface area contributed by atoms with Crippen LogP contribution in [-0.4, -0.2) is 14.9 Å². The third kappa shape index (κ3) is 3.08. The maximum absolute atomic E-state index is 9.13. The van der Waals surface area contributed by atoms with Gasteiger partial charge >= 0.3 is 0 Å². The summed E-state index contributed by atoms with van der Waals surface area (Å²) in [5.74, 6) is 0.725. The number of aryl methyl sites for hydroxylation is 1. The van der Waals surface area contributed by atoms with Crippen LogP contribution in [0.15, 0.2) is 34.9 Å². The summed E-state index contributed by atoms with van der Waals surface area (Å²) in [6.45, 7) is 0.411. The summed E-state index contributed by atoms with van der Waals surface area (Å²) in [7, 11) is 1.87. The quantitative estimate of drug-likeness (QED) is 0.941. The van der Waals surface area contributed by atoms with Crippen LogP contribution in [-0.2, 0) is 20.3 Å². The molecule has 90 valence electrons. The summed E-state index contributed by atoms with van der Waals surface area (Å²) >= 11 is 3.36. The lowest BCUT2D eigenvalue weighted by Crippen LogP contribution is -1.98. The SMILES string of the molecule is Cn1ccc(COc2ccc(Br)c(CO)c2)n1. The van der Waals surface area contributed by atoms with Crippen LogP contribution in [0.1, 0.15) is 11.3 Å². The average Bonchev–Trinajstić information content (AvgIpc) is 2.74. The molecule has 0 bridgehead atoms. The molecule has 0 aliphatic rings. The summed E-state index contributed by atoms with van der Waals surface area (Å²) in [6.07, 6.45) is 1.87. The van der Waals surface area contributed by atoms with E-state index in [1.54, 1.807) is 4.68 Å². The smallest absolute Gasteiger partial charge is 0.132 e. The fourth-order valence-corrected chi connectivity index (χ4v) is 1.83. The molecule has 0 unspecified atom stereocenters. The fraction of sp³-hybridized carbons (Fsp3) is 0.250. The predicted octanol–water partition coefficient (Wildman–Crippen LogP) is 2.25. The van der Waals surface area contributed by atoms with Crippen LogP contribution in [0.5, 0.6) is 5.75 Å². The fourth-order valence-electron chi connectivity index (χ4n) is 1.46. The van der Waals surface area contributed by atoms with Crippen LogP contribution in [0, 0.1) is 0 Å². The van der Waals surface area contributed by atoms with Crippen LogP contribution in [0.3, 0.4) is 0 Å². The summed E-state index contributed by atoms with van der Waals surface area (Å²) in [6, 6.07) is 7.43. The monoisotopic (exact) mass is 296 g/mol. The van der Waals surface area contributed by atoms with Gasteiger partial charge < -0.3 is 9.84 Å². The number of hydrogen-bond donors (Lipinski definition) is 1. The molecule has 0 aliphatic heterocycles. The van der Waals surface area contributed by atoms with Crippen LogP contribution < -0.4 is 4.74 Å². The second kappa shape index (κ2) is 5.33. The molecule has 1 heterocycles. The molecular weight excluding hydrogens is 284 g/mol. The number of halogens is 1. The zero-order chi connectivity index (χ0) is 12.3. The molecule has 0 saturated heterocycles. The van der Waals surface area contributed by atoms with E-state index in [1.807, 2.05) is 37.5 Å². The first-order chi connectivity index (χ1) is 8.19. The third-order valence-electron chi connectivity index (χ3n) is 2.34. The van der Waals surface area contributed by atoms with Gasteiger partial charge in [-0.2, -0.15) is 5.10 Å². The highest BCUT2D eigenvalue weighted by atomic mass is 79.9. The lowest BCUT2D eigenvalue weighted by Gasteiger charge is -2.07. The van der Waals surface area contributed by atoms with Crippen molar-refractivity contribution in [1.29, 1.82) is 0 Å². The number of rotatable bonds is 4. The number of aliphatic hydroxyl groups is 1. The molecule has 4 nitrogen and oxygen atoms in total. The Hall–Kier alpha value is -1.33. The molecule has 1 aromatic heterocycles. The van der Waals surface area contributed by atoms with Gasteiger partial charge in [-0.15, -0.1) is 0 Å². The number of nitrogens with zero attached hydrogens (tertiary/aromatic N) is 2. The van der Waals surface area contributed by atoms with E-state index in [-0.39, 0.29) is 6.61 Å². The minimum Gasteiger partial charge on any atom is -0.487 e. The minimum absolute atomic E-state index is 0.0125. The summed E-state index contributed by atoms with van der Waals surface area (Å²) in [5, 5.41) is 13.3. The van der Waals surface area contributed by atoms with E-state index >= 15 is 0 Å². The molecule has 0 atom stereocenters. The van der Waals surface area contributed by atoms with Gasteiger partial charge in [0.2, 0.25) is 0 Å². The first kappa shape index (κ1) is 12.1. The molecule has 1 aromatic carbocycles. The first-order valence-electron chi connectivity index (χ1n) is 5.19. The topological polar surface area (TPSA) is 47.3 Å². The summed E-state index contributed by atoms with van der Waals surface area (Å²) in [5.41, 5.74) is 1.68. The van der Waals surface area contributed by atoms with Crippen molar-refractivity contribution in [1.82, 2.24) is 9.78 Å². The molecule has 0 fully saturated rings. The van der Waals surface area contributed by atoms with Crippen molar-refractivity contribution in [2.75, 3.05) is 0 Å². The van der Waals surface area contributed by atoms with Gasteiger partial charge in [-0.1, -0.05) is 15.9 Å². The minimum atomic E-state index is -0.0125. The highest BCUT2D eigenvalue weighted by Crippen LogP contribution is 2.23. The van der Waals surface area contributed by atoms with Gasteiger partial charge in [-0.25, -0.2) is 0 Å². The van der Waals surface area contributed by atoms with Gasteiger partial charge in [0.1, 0.15) is 12.4 Å². The molecular formula is C12H13BrN2O2. The van der Waals surface area contributed by atoms with Crippen LogP contribution in [0.2, 0.25) is 0 Å². The Morgan fingerprint density at radius 3 is 2.88 bits per heavy atom. The first-order valence-corrected chi connectivity index (χ1v) is 5.99. The molecule has 2 aromatic rings. The molecule has 0 amide bonds. The van der Waals surface area contributed by atoms with Gasteiger partial charge in [-0.05, 0) is 29.8 Å². The average molecular weight is 297 g/mol.